The quantitative estimate of drug-likeness (QED) is 0.570. The number of nitrogens with zero attached hydrogens (tertiary/aromatic N) is 3. The van der Waals surface area contributed by atoms with Crippen LogP contribution in [0.2, 0.25) is 5.02 Å². The number of benzene rings is 2. The molecular formula is C21H25ClN3PS. The smallest absolute Gasteiger partial charge is 0.170 e. The van der Waals surface area contributed by atoms with Gasteiger partial charge in [-0.1, -0.05) is 42.3 Å². The first-order chi connectivity index (χ1) is 13.1. The Hall–Kier alpha value is -0.900. The molecule has 0 amide bonds. The summed E-state index contributed by atoms with van der Waals surface area (Å²) in [5.74, 6) is 0. The van der Waals surface area contributed by atoms with Crippen LogP contribution in [0.1, 0.15) is 42.0 Å². The molecule has 0 radical (unpaired) electrons. The second-order valence-corrected chi connectivity index (χ2v) is 12.4. The van der Waals surface area contributed by atoms with Crippen molar-refractivity contribution in [2.75, 3.05) is 31.4 Å². The molecule has 2 aromatic carbocycles. The maximum Gasteiger partial charge on any atom is 0.170 e. The van der Waals surface area contributed by atoms with E-state index in [2.05, 4.69) is 57.5 Å². The molecule has 142 valence electrons. The Labute approximate surface area is 172 Å². The summed E-state index contributed by atoms with van der Waals surface area (Å²) in [7, 11) is 2.21. The fourth-order valence-corrected chi connectivity index (χ4v) is 9.69. The molecule has 0 aromatic heterocycles. The predicted octanol–water partition coefficient (Wildman–Crippen LogP) is 5.45. The molecule has 2 atom stereocenters. The van der Waals surface area contributed by atoms with Gasteiger partial charge in [0.05, 0.1) is 6.04 Å². The van der Waals surface area contributed by atoms with E-state index in [1.165, 1.54) is 41.6 Å². The number of hydrogen-bond donors (Lipinski definition) is 0. The Morgan fingerprint density at radius 3 is 2.59 bits per heavy atom. The van der Waals surface area contributed by atoms with Crippen LogP contribution in [0.25, 0.3) is 0 Å². The van der Waals surface area contributed by atoms with E-state index in [9.17, 15) is 0 Å². The number of halogens is 1. The van der Waals surface area contributed by atoms with Gasteiger partial charge in [-0.25, -0.2) is 9.34 Å². The first-order valence-electron chi connectivity index (χ1n) is 9.85. The minimum absolute atomic E-state index is 0.215. The van der Waals surface area contributed by atoms with Gasteiger partial charge in [-0.3, -0.25) is 0 Å². The van der Waals surface area contributed by atoms with Crippen molar-refractivity contribution in [3.63, 3.8) is 0 Å². The van der Waals surface area contributed by atoms with Crippen molar-refractivity contribution in [3.05, 3.63) is 64.2 Å². The number of rotatable bonds is 1. The van der Waals surface area contributed by atoms with Gasteiger partial charge in [0, 0.05) is 37.4 Å². The van der Waals surface area contributed by atoms with Crippen LogP contribution in [0, 0.1) is 0 Å². The van der Waals surface area contributed by atoms with Crippen LogP contribution in [0.5, 0.6) is 0 Å². The van der Waals surface area contributed by atoms with Crippen molar-refractivity contribution >= 4 is 35.6 Å². The SMILES string of the molecule is CN1c2ccc(Cl)cc2C2c3ccccc3CCN2P1(=S)N1CCCCC1. The third-order valence-electron chi connectivity index (χ3n) is 6.32. The van der Waals surface area contributed by atoms with Gasteiger partial charge >= 0.3 is 0 Å². The lowest BCUT2D eigenvalue weighted by Crippen LogP contribution is -2.48. The second-order valence-electron chi connectivity index (χ2n) is 7.77. The molecule has 2 unspecified atom stereocenters. The molecule has 2 aromatic rings. The van der Waals surface area contributed by atoms with E-state index in [4.69, 9.17) is 23.4 Å². The molecule has 1 fully saturated rings. The van der Waals surface area contributed by atoms with Gasteiger partial charge < -0.3 is 4.67 Å². The van der Waals surface area contributed by atoms with Crippen molar-refractivity contribution in [2.45, 2.75) is 31.7 Å². The highest BCUT2D eigenvalue weighted by Crippen LogP contribution is 2.67. The molecular weight excluding hydrogens is 393 g/mol. The van der Waals surface area contributed by atoms with Crippen LogP contribution < -0.4 is 4.67 Å². The van der Waals surface area contributed by atoms with Crippen LogP contribution in [-0.4, -0.2) is 36.0 Å². The monoisotopic (exact) mass is 417 g/mol. The van der Waals surface area contributed by atoms with Crippen molar-refractivity contribution in [2.24, 2.45) is 0 Å². The van der Waals surface area contributed by atoms with Crippen LogP contribution in [0.4, 0.5) is 5.69 Å². The lowest BCUT2D eigenvalue weighted by Gasteiger charge is -2.57. The molecule has 3 aliphatic heterocycles. The summed E-state index contributed by atoms with van der Waals surface area (Å²) in [4.78, 5) is 0. The zero-order chi connectivity index (χ0) is 18.6. The molecule has 0 N–H and O–H groups in total. The first-order valence-corrected chi connectivity index (χ1v) is 12.9. The van der Waals surface area contributed by atoms with Crippen LogP contribution in [-0.2, 0) is 18.2 Å². The van der Waals surface area contributed by atoms with Crippen molar-refractivity contribution < 1.29 is 0 Å². The summed E-state index contributed by atoms with van der Waals surface area (Å²) >= 11 is 13.0. The van der Waals surface area contributed by atoms with Gasteiger partial charge in [0.25, 0.3) is 0 Å². The minimum atomic E-state index is -2.02. The predicted molar refractivity (Wildman–Crippen MR) is 118 cm³/mol. The summed E-state index contributed by atoms with van der Waals surface area (Å²) < 4.78 is 7.70. The third-order valence-corrected chi connectivity index (χ3v) is 11.8. The van der Waals surface area contributed by atoms with Crippen LogP contribution in [0.3, 0.4) is 0 Å². The first kappa shape index (κ1) is 18.1. The maximum absolute atomic E-state index is 6.59. The Balaban J connectivity index is 1.73. The Kier molecular flexibility index (Phi) is 4.61. The molecule has 3 aliphatic rings. The van der Waals surface area contributed by atoms with E-state index in [1.807, 2.05) is 6.07 Å². The highest BCUT2D eigenvalue weighted by Gasteiger charge is 2.48. The average Bonchev–Trinajstić information content (AvgIpc) is 2.72. The molecule has 0 saturated carbocycles. The van der Waals surface area contributed by atoms with E-state index in [0.29, 0.717) is 0 Å². The number of fused-ring (bicyclic) bond motifs is 5. The van der Waals surface area contributed by atoms with E-state index in [-0.39, 0.29) is 6.04 Å². The summed E-state index contributed by atoms with van der Waals surface area (Å²) in [6.07, 6.45) is 4.92. The normalized spacial score (nSPS) is 28.4. The van der Waals surface area contributed by atoms with E-state index in [1.54, 1.807) is 0 Å². The molecule has 3 nitrogen and oxygen atoms in total. The molecule has 5 rings (SSSR count). The van der Waals surface area contributed by atoms with Gasteiger partial charge in [-0.2, -0.15) is 0 Å². The van der Waals surface area contributed by atoms with Gasteiger partial charge in [-0.15, -0.1) is 0 Å². The van der Waals surface area contributed by atoms with Gasteiger partial charge in [0.15, 0.2) is 6.49 Å². The highest BCUT2D eigenvalue weighted by atomic mass is 35.5. The third kappa shape index (κ3) is 2.73. The van der Waals surface area contributed by atoms with Gasteiger partial charge in [-0.05, 0) is 66.0 Å². The molecule has 0 aliphatic carbocycles. The van der Waals surface area contributed by atoms with Crippen molar-refractivity contribution in [3.8, 4) is 0 Å². The summed E-state index contributed by atoms with van der Waals surface area (Å²) in [5, 5.41) is 0.804. The lowest BCUT2D eigenvalue weighted by molar-refractivity contribution is 0.299. The maximum atomic E-state index is 6.59. The lowest BCUT2D eigenvalue weighted by atomic mass is 9.89. The van der Waals surface area contributed by atoms with Crippen LogP contribution in [0.15, 0.2) is 42.5 Å². The fourth-order valence-electron chi connectivity index (χ4n) is 5.00. The summed E-state index contributed by atoms with van der Waals surface area (Å²) in [6.45, 7) is 1.24. The summed E-state index contributed by atoms with van der Waals surface area (Å²) in [6, 6.07) is 15.4. The topological polar surface area (TPSA) is 9.72 Å². The number of piperidine rings is 1. The largest absolute Gasteiger partial charge is 0.323 e. The molecule has 1 saturated heterocycles. The highest BCUT2D eigenvalue weighted by molar-refractivity contribution is 8.13. The van der Waals surface area contributed by atoms with Crippen molar-refractivity contribution in [1.82, 2.24) is 9.34 Å². The molecule has 27 heavy (non-hydrogen) atoms. The number of hydrogen-bond acceptors (Lipinski definition) is 1. The minimum Gasteiger partial charge on any atom is -0.323 e. The molecule has 0 spiro atoms. The zero-order valence-corrected chi connectivity index (χ0v) is 18.1. The fraction of sp³-hybridized carbons (Fsp3) is 0.429. The van der Waals surface area contributed by atoms with E-state index in [0.717, 1.165) is 31.1 Å². The number of anilines is 1. The standard InChI is InChI=1S/C21H25ClN3PS/c1-23-20-10-9-17(22)15-19(20)21-18-8-4-3-7-16(18)11-14-25(21)26(23,27)24-12-5-2-6-13-24/h3-4,7-10,15,21H,2,5-6,11-14H2,1H3. The summed E-state index contributed by atoms with van der Waals surface area (Å²) in [5.41, 5.74) is 5.42. The second kappa shape index (κ2) is 6.86. The van der Waals surface area contributed by atoms with Crippen molar-refractivity contribution in [1.29, 1.82) is 0 Å². The van der Waals surface area contributed by atoms with Crippen LogP contribution >= 0.6 is 18.1 Å². The zero-order valence-electron chi connectivity index (χ0n) is 15.6. The Morgan fingerprint density at radius 2 is 1.78 bits per heavy atom. The van der Waals surface area contributed by atoms with Gasteiger partial charge in [0.2, 0.25) is 0 Å². The Bertz CT molecular complexity index is 927. The average molecular weight is 418 g/mol. The van der Waals surface area contributed by atoms with Gasteiger partial charge in [0.1, 0.15) is 0 Å². The van der Waals surface area contributed by atoms with E-state index < -0.39 is 6.49 Å². The molecule has 6 heteroatoms. The Morgan fingerprint density at radius 1 is 1.00 bits per heavy atom. The molecule has 3 heterocycles. The molecule has 0 bridgehead atoms. The van der Waals surface area contributed by atoms with E-state index >= 15 is 0 Å².